The second-order valence-electron chi connectivity index (χ2n) is 3.44. The molecule has 1 aliphatic rings. The molecular weight excluding hydrogens is 178 g/mol. The van der Waals surface area contributed by atoms with Crippen LogP contribution >= 0.6 is 0 Å². The first kappa shape index (κ1) is 9.40. The lowest BCUT2D eigenvalue weighted by Gasteiger charge is -2.09. The third kappa shape index (κ3) is 2.67. The number of nitrogens with one attached hydrogen (secondary N) is 1. The maximum Gasteiger partial charge on any atom is 0.144 e. The van der Waals surface area contributed by atoms with E-state index in [1.54, 1.807) is 18.6 Å². The van der Waals surface area contributed by atoms with Gasteiger partial charge in [0.1, 0.15) is 5.82 Å². The van der Waals surface area contributed by atoms with Crippen molar-refractivity contribution in [2.75, 3.05) is 18.5 Å². The van der Waals surface area contributed by atoms with Crippen molar-refractivity contribution in [2.45, 2.75) is 25.4 Å². The van der Waals surface area contributed by atoms with Crippen molar-refractivity contribution in [3.63, 3.8) is 0 Å². The Morgan fingerprint density at radius 3 is 3.21 bits per heavy atom. The van der Waals surface area contributed by atoms with E-state index >= 15 is 0 Å². The lowest BCUT2D eigenvalue weighted by Crippen LogP contribution is -2.12. The highest BCUT2D eigenvalue weighted by atomic mass is 16.5. The largest absolute Gasteiger partial charge is 0.378 e. The highest BCUT2D eigenvalue weighted by Gasteiger charge is 2.14. The third-order valence-corrected chi connectivity index (χ3v) is 2.36. The first-order valence-electron chi connectivity index (χ1n) is 5.06. The predicted octanol–water partition coefficient (Wildman–Crippen LogP) is 1.46. The van der Waals surface area contributed by atoms with Gasteiger partial charge in [-0.05, 0) is 19.3 Å². The SMILES string of the molecule is c1cnc(NCCC2CCCO2)cn1. The Kier molecular flexibility index (Phi) is 3.29. The molecule has 0 aliphatic carbocycles. The van der Waals surface area contributed by atoms with E-state index in [-0.39, 0.29) is 0 Å². The smallest absolute Gasteiger partial charge is 0.144 e. The molecule has 76 valence electrons. The molecule has 4 nitrogen and oxygen atoms in total. The standard InChI is InChI=1S/C10H15N3O/c1-2-9(14-7-1)3-4-12-10-8-11-5-6-13-10/h5-6,8-9H,1-4,7H2,(H,12,13). The molecule has 1 fully saturated rings. The minimum absolute atomic E-state index is 0.444. The van der Waals surface area contributed by atoms with Gasteiger partial charge < -0.3 is 10.1 Å². The number of hydrogen-bond acceptors (Lipinski definition) is 4. The van der Waals surface area contributed by atoms with E-state index in [0.717, 1.165) is 25.4 Å². The van der Waals surface area contributed by atoms with Crippen molar-refractivity contribution < 1.29 is 4.74 Å². The third-order valence-electron chi connectivity index (χ3n) is 2.36. The maximum atomic E-state index is 5.51. The van der Waals surface area contributed by atoms with Gasteiger partial charge in [-0.2, -0.15) is 0 Å². The summed E-state index contributed by atoms with van der Waals surface area (Å²) in [6.45, 7) is 1.83. The fourth-order valence-electron chi connectivity index (χ4n) is 1.62. The molecule has 1 unspecified atom stereocenters. The Morgan fingerprint density at radius 2 is 2.50 bits per heavy atom. The van der Waals surface area contributed by atoms with E-state index in [9.17, 15) is 0 Å². The number of rotatable bonds is 4. The molecule has 1 aliphatic heterocycles. The minimum Gasteiger partial charge on any atom is -0.378 e. The molecule has 2 rings (SSSR count). The molecule has 0 radical (unpaired) electrons. The summed E-state index contributed by atoms with van der Waals surface area (Å²) in [5.74, 6) is 0.838. The summed E-state index contributed by atoms with van der Waals surface area (Å²) in [6.07, 6.45) is 8.99. The summed E-state index contributed by atoms with van der Waals surface area (Å²) in [5.41, 5.74) is 0. The van der Waals surface area contributed by atoms with Crippen molar-refractivity contribution in [1.82, 2.24) is 9.97 Å². The average molecular weight is 193 g/mol. The number of hydrogen-bond donors (Lipinski definition) is 1. The second-order valence-corrected chi connectivity index (χ2v) is 3.44. The van der Waals surface area contributed by atoms with Gasteiger partial charge in [0.05, 0.1) is 12.3 Å². The van der Waals surface area contributed by atoms with Crippen molar-refractivity contribution in [2.24, 2.45) is 0 Å². The molecule has 0 spiro atoms. The molecule has 1 aromatic rings. The lowest BCUT2D eigenvalue weighted by atomic mass is 10.2. The van der Waals surface area contributed by atoms with E-state index < -0.39 is 0 Å². The van der Waals surface area contributed by atoms with Crippen LogP contribution in [-0.2, 0) is 4.74 Å². The van der Waals surface area contributed by atoms with Crippen LogP contribution in [0.3, 0.4) is 0 Å². The van der Waals surface area contributed by atoms with Crippen molar-refractivity contribution in [3.8, 4) is 0 Å². The van der Waals surface area contributed by atoms with Crippen LogP contribution in [0, 0.1) is 0 Å². The molecule has 2 heterocycles. The van der Waals surface area contributed by atoms with Crippen LogP contribution in [0.4, 0.5) is 5.82 Å². The monoisotopic (exact) mass is 193 g/mol. The zero-order valence-corrected chi connectivity index (χ0v) is 8.15. The highest BCUT2D eigenvalue weighted by molar-refractivity contribution is 5.29. The molecule has 1 atom stereocenters. The number of anilines is 1. The number of ether oxygens (including phenoxy) is 1. The lowest BCUT2D eigenvalue weighted by molar-refractivity contribution is 0.107. The van der Waals surface area contributed by atoms with E-state index in [4.69, 9.17) is 4.74 Å². The summed E-state index contributed by atoms with van der Waals surface area (Å²) in [6, 6.07) is 0. The van der Waals surface area contributed by atoms with Crippen molar-refractivity contribution in [1.29, 1.82) is 0 Å². The van der Waals surface area contributed by atoms with Crippen molar-refractivity contribution in [3.05, 3.63) is 18.6 Å². The Hall–Kier alpha value is -1.16. The van der Waals surface area contributed by atoms with Gasteiger partial charge >= 0.3 is 0 Å². The van der Waals surface area contributed by atoms with Gasteiger partial charge in [-0.25, -0.2) is 4.98 Å². The molecule has 14 heavy (non-hydrogen) atoms. The molecule has 0 bridgehead atoms. The van der Waals surface area contributed by atoms with Crippen LogP contribution in [0.2, 0.25) is 0 Å². The van der Waals surface area contributed by atoms with E-state index in [1.807, 2.05) is 0 Å². The second kappa shape index (κ2) is 4.91. The van der Waals surface area contributed by atoms with E-state index in [2.05, 4.69) is 15.3 Å². The van der Waals surface area contributed by atoms with Crippen LogP contribution in [-0.4, -0.2) is 29.2 Å². The molecule has 1 saturated heterocycles. The van der Waals surface area contributed by atoms with Crippen LogP contribution in [0.5, 0.6) is 0 Å². The number of nitrogens with zero attached hydrogens (tertiary/aromatic N) is 2. The summed E-state index contributed by atoms with van der Waals surface area (Å²) < 4.78 is 5.51. The maximum absolute atomic E-state index is 5.51. The van der Waals surface area contributed by atoms with Crippen LogP contribution in [0.15, 0.2) is 18.6 Å². The van der Waals surface area contributed by atoms with Crippen molar-refractivity contribution >= 4 is 5.82 Å². The molecule has 4 heteroatoms. The Labute approximate surface area is 83.7 Å². The zero-order chi connectivity index (χ0) is 9.64. The quantitative estimate of drug-likeness (QED) is 0.786. The normalized spacial score (nSPS) is 21.0. The van der Waals surface area contributed by atoms with Gasteiger partial charge in [0, 0.05) is 25.5 Å². The van der Waals surface area contributed by atoms with E-state index in [1.165, 1.54) is 12.8 Å². The van der Waals surface area contributed by atoms with Gasteiger partial charge in [0.2, 0.25) is 0 Å². The highest BCUT2D eigenvalue weighted by Crippen LogP contribution is 2.14. The predicted molar refractivity (Wildman–Crippen MR) is 54.1 cm³/mol. The Balaban J connectivity index is 1.67. The summed E-state index contributed by atoms with van der Waals surface area (Å²) in [7, 11) is 0. The summed E-state index contributed by atoms with van der Waals surface area (Å²) in [5, 5.41) is 3.22. The average Bonchev–Trinajstić information content (AvgIpc) is 2.72. The summed E-state index contributed by atoms with van der Waals surface area (Å²) >= 11 is 0. The fraction of sp³-hybridized carbons (Fsp3) is 0.600. The van der Waals surface area contributed by atoms with Gasteiger partial charge in [-0.3, -0.25) is 4.98 Å². The number of aromatic nitrogens is 2. The molecule has 0 saturated carbocycles. The fourth-order valence-corrected chi connectivity index (χ4v) is 1.62. The topological polar surface area (TPSA) is 47.0 Å². The van der Waals surface area contributed by atoms with Crippen LogP contribution in [0.1, 0.15) is 19.3 Å². The summed E-state index contributed by atoms with van der Waals surface area (Å²) in [4.78, 5) is 8.11. The van der Waals surface area contributed by atoms with Crippen LogP contribution < -0.4 is 5.32 Å². The molecule has 0 amide bonds. The van der Waals surface area contributed by atoms with Gasteiger partial charge in [0.15, 0.2) is 0 Å². The zero-order valence-electron chi connectivity index (χ0n) is 8.15. The Bertz CT molecular complexity index is 259. The van der Waals surface area contributed by atoms with Gasteiger partial charge in [0.25, 0.3) is 0 Å². The molecule has 1 N–H and O–H groups in total. The molecular formula is C10H15N3O. The molecule has 1 aromatic heterocycles. The van der Waals surface area contributed by atoms with Crippen LogP contribution in [0.25, 0.3) is 0 Å². The minimum atomic E-state index is 0.444. The van der Waals surface area contributed by atoms with Gasteiger partial charge in [-0.1, -0.05) is 0 Å². The first-order chi connectivity index (χ1) is 6.95. The molecule has 0 aromatic carbocycles. The first-order valence-corrected chi connectivity index (χ1v) is 5.06. The van der Waals surface area contributed by atoms with Gasteiger partial charge in [-0.15, -0.1) is 0 Å². The Morgan fingerprint density at radius 1 is 1.50 bits per heavy atom. The van der Waals surface area contributed by atoms with E-state index in [0.29, 0.717) is 6.10 Å².